The fourth-order valence-electron chi connectivity index (χ4n) is 1.73. The van der Waals surface area contributed by atoms with Gasteiger partial charge < -0.3 is 4.74 Å². The predicted octanol–water partition coefficient (Wildman–Crippen LogP) is 3.60. The number of carbonyl (C=O) groups excluding carboxylic acids is 2. The van der Waals surface area contributed by atoms with E-state index in [-0.39, 0.29) is 13.0 Å². The minimum atomic E-state index is -2.09. The van der Waals surface area contributed by atoms with Crippen LogP contribution in [0.1, 0.15) is 65.2 Å². The molecule has 18 heavy (non-hydrogen) atoms. The van der Waals surface area contributed by atoms with Crippen LogP contribution in [-0.4, -0.2) is 24.5 Å². The zero-order chi connectivity index (χ0) is 13.8. The van der Waals surface area contributed by atoms with Crippen molar-refractivity contribution in [2.75, 3.05) is 6.61 Å². The Labute approximate surface area is 109 Å². The number of hydrogen-bond acceptors (Lipinski definition) is 3. The molecule has 0 heterocycles. The molecule has 0 spiro atoms. The molecule has 0 aromatic carbocycles. The van der Waals surface area contributed by atoms with Gasteiger partial charge >= 0.3 is 5.97 Å². The summed E-state index contributed by atoms with van der Waals surface area (Å²) in [5, 5.41) is 0. The second-order valence-electron chi connectivity index (χ2n) is 4.45. The van der Waals surface area contributed by atoms with Crippen molar-refractivity contribution in [3.63, 3.8) is 0 Å². The second-order valence-corrected chi connectivity index (χ2v) is 4.45. The van der Waals surface area contributed by atoms with Crippen LogP contribution in [0, 0.1) is 0 Å². The van der Waals surface area contributed by atoms with Crippen molar-refractivity contribution < 1.29 is 18.7 Å². The van der Waals surface area contributed by atoms with Gasteiger partial charge in [-0.25, -0.2) is 9.18 Å². The number of hydrogen-bond donors (Lipinski definition) is 0. The number of carbonyl (C=O) groups is 2. The van der Waals surface area contributed by atoms with E-state index in [0.29, 0.717) is 6.42 Å². The molecule has 0 aliphatic rings. The van der Waals surface area contributed by atoms with Crippen LogP contribution in [0.5, 0.6) is 0 Å². The smallest absolute Gasteiger partial charge is 0.348 e. The van der Waals surface area contributed by atoms with Crippen molar-refractivity contribution in [2.45, 2.75) is 71.4 Å². The summed E-state index contributed by atoms with van der Waals surface area (Å²) in [6, 6.07) is 0. The third-order valence-corrected chi connectivity index (χ3v) is 2.80. The fourth-order valence-corrected chi connectivity index (χ4v) is 1.73. The first-order chi connectivity index (χ1) is 8.63. The van der Waals surface area contributed by atoms with Gasteiger partial charge in [-0.05, 0) is 13.3 Å². The number of unbranched alkanes of at least 4 members (excludes halogenated alkanes) is 6. The molecule has 0 fully saturated rings. The lowest BCUT2D eigenvalue weighted by atomic mass is 10.1. The van der Waals surface area contributed by atoms with Crippen molar-refractivity contribution in [3.05, 3.63) is 0 Å². The number of alkyl halides is 1. The molecule has 0 rings (SSSR count). The monoisotopic (exact) mass is 260 g/mol. The maximum atomic E-state index is 13.2. The van der Waals surface area contributed by atoms with E-state index in [1.54, 1.807) is 6.92 Å². The zero-order valence-corrected chi connectivity index (χ0v) is 11.5. The molecule has 0 aromatic heterocycles. The Bertz CT molecular complexity index is 241. The molecule has 1 unspecified atom stereocenters. The van der Waals surface area contributed by atoms with Gasteiger partial charge in [0.25, 0.3) is 6.17 Å². The zero-order valence-electron chi connectivity index (χ0n) is 11.5. The molecule has 0 saturated carbocycles. The molecule has 0 aliphatic heterocycles. The van der Waals surface area contributed by atoms with Gasteiger partial charge in [0, 0.05) is 6.42 Å². The molecule has 0 N–H and O–H groups in total. The Kier molecular flexibility index (Phi) is 10.6. The fraction of sp³-hybridized carbons (Fsp3) is 0.857. The second kappa shape index (κ2) is 11.2. The lowest BCUT2D eigenvalue weighted by molar-refractivity contribution is -0.152. The van der Waals surface area contributed by atoms with Crippen molar-refractivity contribution in [2.24, 2.45) is 0 Å². The largest absolute Gasteiger partial charge is 0.463 e. The number of rotatable bonds is 11. The van der Waals surface area contributed by atoms with Crippen LogP contribution < -0.4 is 0 Å². The summed E-state index contributed by atoms with van der Waals surface area (Å²) in [4.78, 5) is 22.3. The molecular weight excluding hydrogens is 235 g/mol. The Morgan fingerprint density at radius 3 is 2.11 bits per heavy atom. The number of ketones is 1. The summed E-state index contributed by atoms with van der Waals surface area (Å²) >= 11 is 0. The standard InChI is InChI=1S/C14H25FO3/c1-3-5-6-7-8-9-10-11-12(16)13(15)14(17)18-4-2/h13H,3-11H2,1-2H3. The Morgan fingerprint density at radius 1 is 1.00 bits per heavy atom. The van der Waals surface area contributed by atoms with E-state index in [2.05, 4.69) is 11.7 Å². The summed E-state index contributed by atoms with van der Waals surface area (Å²) in [6.07, 6.45) is 5.53. The molecule has 0 saturated heterocycles. The summed E-state index contributed by atoms with van der Waals surface area (Å²) in [5.74, 6) is -1.70. The summed E-state index contributed by atoms with van der Waals surface area (Å²) in [6.45, 7) is 3.85. The topological polar surface area (TPSA) is 43.4 Å². The molecule has 106 valence electrons. The highest BCUT2D eigenvalue weighted by Crippen LogP contribution is 2.10. The molecule has 3 nitrogen and oxygen atoms in total. The van der Waals surface area contributed by atoms with Crippen molar-refractivity contribution in [3.8, 4) is 0 Å². The van der Waals surface area contributed by atoms with E-state index in [4.69, 9.17) is 0 Å². The van der Waals surface area contributed by atoms with Crippen LogP contribution >= 0.6 is 0 Å². The van der Waals surface area contributed by atoms with Crippen molar-refractivity contribution in [1.82, 2.24) is 0 Å². The van der Waals surface area contributed by atoms with E-state index < -0.39 is 17.9 Å². The Hall–Kier alpha value is -0.930. The van der Waals surface area contributed by atoms with Gasteiger partial charge in [-0.1, -0.05) is 45.4 Å². The van der Waals surface area contributed by atoms with Crippen molar-refractivity contribution in [1.29, 1.82) is 0 Å². The highest BCUT2D eigenvalue weighted by molar-refractivity contribution is 6.01. The average molecular weight is 260 g/mol. The highest BCUT2D eigenvalue weighted by Gasteiger charge is 2.26. The first kappa shape index (κ1) is 17.1. The van der Waals surface area contributed by atoms with E-state index >= 15 is 0 Å². The summed E-state index contributed by atoms with van der Waals surface area (Å²) in [5.41, 5.74) is 0. The highest BCUT2D eigenvalue weighted by atomic mass is 19.1. The maximum absolute atomic E-state index is 13.2. The number of Topliss-reactive ketones (excluding diaryl/α,β-unsaturated/α-hetero) is 1. The van der Waals surface area contributed by atoms with Crippen LogP contribution in [0.4, 0.5) is 4.39 Å². The molecule has 1 atom stereocenters. The molecule has 4 heteroatoms. The van der Waals surface area contributed by atoms with Gasteiger partial charge in [0.1, 0.15) is 0 Å². The van der Waals surface area contributed by atoms with E-state index in [9.17, 15) is 14.0 Å². The third kappa shape index (κ3) is 8.20. The molecule has 0 aliphatic carbocycles. The molecule has 0 radical (unpaired) electrons. The van der Waals surface area contributed by atoms with Crippen LogP contribution in [0.25, 0.3) is 0 Å². The van der Waals surface area contributed by atoms with E-state index in [1.807, 2.05) is 0 Å². The normalized spacial score (nSPS) is 12.2. The van der Waals surface area contributed by atoms with Crippen LogP contribution in [0.3, 0.4) is 0 Å². The van der Waals surface area contributed by atoms with Gasteiger partial charge in [-0.15, -0.1) is 0 Å². The number of ether oxygens (including phenoxy) is 1. The minimum Gasteiger partial charge on any atom is -0.463 e. The quantitative estimate of drug-likeness (QED) is 0.324. The number of halogens is 1. The third-order valence-electron chi connectivity index (χ3n) is 2.80. The van der Waals surface area contributed by atoms with Crippen LogP contribution in [-0.2, 0) is 14.3 Å². The predicted molar refractivity (Wildman–Crippen MR) is 69.1 cm³/mol. The molecule has 0 aromatic rings. The van der Waals surface area contributed by atoms with Crippen LogP contribution in [0.15, 0.2) is 0 Å². The van der Waals surface area contributed by atoms with Crippen LogP contribution in [0.2, 0.25) is 0 Å². The summed E-state index contributed by atoms with van der Waals surface area (Å²) < 4.78 is 17.7. The van der Waals surface area contributed by atoms with Gasteiger partial charge in [0.05, 0.1) is 6.61 Å². The molecular formula is C14H25FO3. The lowest BCUT2D eigenvalue weighted by Crippen LogP contribution is -2.27. The van der Waals surface area contributed by atoms with Gasteiger partial charge in [-0.2, -0.15) is 0 Å². The lowest BCUT2D eigenvalue weighted by Gasteiger charge is -2.06. The SMILES string of the molecule is CCCCCCCCCC(=O)C(F)C(=O)OCC. The average Bonchev–Trinajstić information content (AvgIpc) is 2.36. The first-order valence-electron chi connectivity index (χ1n) is 6.96. The van der Waals surface area contributed by atoms with Gasteiger partial charge in [0.2, 0.25) is 0 Å². The van der Waals surface area contributed by atoms with Crippen molar-refractivity contribution >= 4 is 11.8 Å². The first-order valence-corrected chi connectivity index (χ1v) is 6.96. The number of esters is 1. The van der Waals surface area contributed by atoms with E-state index in [1.165, 1.54) is 25.7 Å². The van der Waals surface area contributed by atoms with Gasteiger partial charge in [0.15, 0.2) is 5.78 Å². The minimum absolute atomic E-state index is 0.101. The molecule has 0 bridgehead atoms. The Morgan fingerprint density at radius 2 is 1.56 bits per heavy atom. The molecule has 0 amide bonds. The maximum Gasteiger partial charge on any atom is 0.348 e. The van der Waals surface area contributed by atoms with E-state index in [0.717, 1.165) is 12.8 Å². The summed E-state index contributed by atoms with van der Waals surface area (Å²) in [7, 11) is 0. The van der Waals surface area contributed by atoms with Gasteiger partial charge in [-0.3, -0.25) is 4.79 Å². The Balaban J connectivity index is 3.55.